The topological polar surface area (TPSA) is 61.9 Å². The van der Waals surface area contributed by atoms with Gasteiger partial charge in [-0.1, -0.05) is 6.07 Å². The molecule has 0 bridgehead atoms. The molecule has 1 atom stereocenters. The number of carbonyl (C=O) groups is 2. The summed E-state index contributed by atoms with van der Waals surface area (Å²) in [5.74, 6) is -0.625. The van der Waals surface area contributed by atoms with Gasteiger partial charge in [0, 0.05) is 37.3 Å². The van der Waals surface area contributed by atoms with Crippen molar-refractivity contribution in [2.24, 2.45) is 0 Å². The van der Waals surface area contributed by atoms with Gasteiger partial charge >= 0.3 is 6.09 Å². The van der Waals surface area contributed by atoms with Crippen molar-refractivity contribution in [2.45, 2.75) is 44.7 Å². The van der Waals surface area contributed by atoms with Crippen LogP contribution in [0.1, 0.15) is 43.0 Å². The average Bonchev–Trinajstić information content (AvgIpc) is 2.68. The lowest BCUT2D eigenvalue weighted by atomic mass is 9.98. The molecule has 7 heteroatoms. The second-order valence-electron chi connectivity index (χ2n) is 7.24. The van der Waals surface area contributed by atoms with E-state index in [1.807, 2.05) is 6.92 Å². The summed E-state index contributed by atoms with van der Waals surface area (Å²) in [5, 5.41) is 3.04. The summed E-state index contributed by atoms with van der Waals surface area (Å²) in [6.07, 6.45) is 3.56. The van der Waals surface area contributed by atoms with E-state index in [1.165, 1.54) is 12.1 Å². The first-order chi connectivity index (χ1) is 13.1. The molecular formula is C20H28FN3O3. The fourth-order valence-corrected chi connectivity index (χ4v) is 3.98. The van der Waals surface area contributed by atoms with Crippen molar-refractivity contribution in [3.05, 3.63) is 35.6 Å². The zero-order valence-electron chi connectivity index (χ0n) is 15.8. The molecule has 6 nitrogen and oxygen atoms in total. The zero-order chi connectivity index (χ0) is 19.2. The molecular weight excluding hydrogens is 349 g/mol. The molecule has 2 heterocycles. The summed E-state index contributed by atoms with van der Waals surface area (Å²) in [6, 6.07) is 6.27. The van der Waals surface area contributed by atoms with Crippen LogP contribution in [0, 0.1) is 5.82 Å². The number of nitrogens with zero attached hydrogens (tertiary/aromatic N) is 2. The number of nitrogens with one attached hydrogen (secondary N) is 1. The maximum Gasteiger partial charge on any atom is 0.409 e. The maximum absolute atomic E-state index is 13.3. The monoisotopic (exact) mass is 377 g/mol. The highest BCUT2D eigenvalue weighted by Crippen LogP contribution is 2.22. The third kappa shape index (κ3) is 5.19. The van der Waals surface area contributed by atoms with E-state index in [2.05, 4.69) is 10.2 Å². The first-order valence-corrected chi connectivity index (χ1v) is 9.79. The fraction of sp³-hybridized carbons (Fsp3) is 0.600. The molecule has 2 aliphatic rings. The van der Waals surface area contributed by atoms with Gasteiger partial charge in [0.05, 0.1) is 6.61 Å². The van der Waals surface area contributed by atoms with Crippen LogP contribution in [0.2, 0.25) is 0 Å². The molecule has 0 aromatic heterocycles. The number of piperidine rings is 2. The number of hydrogen-bond acceptors (Lipinski definition) is 4. The highest BCUT2D eigenvalue weighted by molar-refractivity contribution is 5.94. The minimum absolute atomic E-state index is 0.0672. The van der Waals surface area contributed by atoms with E-state index in [0.29, 0.717) is 31.3 Å². The normalized spacial score (nSPS) is 21.7. The van der Waals surface area contributed by atoms with Crippen molar-refractivity contribution < 1.29 is 18.7 Å². The smallest absolute Gasteiger partial charge is 0.409 e. The minimum atomic E-state index is -0.402. The molecule has 3 rings (SSSR count). The molecule has 0 unspecified atom stereocenters. The van der Waals surface area contributed by atoms with Crippen LogP contribution in [0.4, 0.5) is 9.18 Å². The molecule has 2 fully saturated rings. The van der Waals surface area contributed by atoms with E-state index < -0.39 is 5.82 Å². The van der Waals surface area contributed by atoms with Gasteiger partial charge in [-0.25, -0.2) is 9.18 Å². The van der Waals surface area contributed by atoms with Crippen LogP contribution in [0.15, 0.2) is 24.3 Å². The number of likely N-dealkylation sites (tertiary alicyclic amines) is 2. The molecule has 1 N–H and O–H groups in total. The Morgan fingerprint density at radius 2 is 2.00 bits per heavy atom. The van der Waals surface area contributed by atoms with Crippen molar-refractivity contribution >= 4 is 12.0 Å². The Morgan fingerprint density at radius 3 is 2.70 bits per heavy atom. The Morgan fingerprint density at radius 1 is 1.22 bits per heavy atom. The number of halogens is 1. The lowest BCUT2D eigenvalue weighted by Crippen LogP contribution is -2.54. The van der Waals surface area contributed by atoms with E-state index in [9.17, 15) is 14.0 Å². The lowest BCUT2D eigenvalue weighted by molar-refractivity contribution is 0.0601. The van der Waals surface area contributed by atoms with Crippen LogP contribution < -0.4 is 5.32 Å². The highest BCUT2D eigenvalue weighted by Gasteiger charge is 2.31. The number of ether oxygens (including phenoxy) is 1. The predicted octanol–water partition coefficient (Wildman–Crippen LogP) is 2.64. The summed E-state index contributed by atoms with van der Waals surface area (Å²) < 4.78 is 18.4. The van der Waals surface area contributed by atoms with Gasteiger partial charge in [0.1, 0.15) is 5.82 Å². The van der Waals surface area contributed by atoms with E-state index in [0.717, 1.165) is 38.8 Å². The van der Waals surface area contributed by atoms with Crippen molar-refractivity contribution in [3.8, 4) is 0 Å². The SMILES string of the molecule is CCOC(=O)N1CCC(N2CCC[C@H](NC(=O)c3cccc(F)c3)C2)CC1. The molecule has 1 aromatic carbocycles. The molecule has 27 heavy (non-hydrogen) atoms. The van der Waals surface area contributed by atoms with Gasteiger partial charge in [0.2, 0.25) is 0 Å². The van der Waals surface area contributed by atoms with Crippen LogP contribution >= 0.6 is 0 Å². The molecule has 2 aliphatic heterocycles. The third-order valence-electron chi connectivity index (χ3n) is 5.38. The van der Waals surface area contributed by atoms with Crippen molar-refractivity contribution in [3.63, 3.8) is 0 Å². The van der Waals surface area contributed by atoms with Gasteiger partial charge in [0.15, 0.2) is 0 Å². The van der Waals surface area contributed by atoms with Crippen molar-refractivity contribution in [2.75, 3.05) is 32.8 Å². The molecule has 0 radical (unpaired) electrons. The Kier molecular flexibility index (Phi) is 6.66. The van der Waals surface area contributed by atoms with Crippen LogP contribution in [-0.2, 0) is 4.74 Å². The quantitative estimate of drug-likeness (QED) is 0.876. The molecule has 148 valence electrons. The first kappa shape index (κ1) is 19.6. The second-order valence-corrected chi connectivity index (χ2v) is 7.24. The Hall–Kier alpha value is -2.15. The fourth-order valence-electron chi connectivity index (χ4n) is 3.98. The average molecular weight is 377 g/mol. The number of hydrogen-bond donors (Lipinski definition) is 1. The minimum Gasteiger partial charge on any atom is -0.450 e. The summed E-state index contributed by atoms with van der Waals surface area (Å²) in [7, 11) is 0. The summed E-state index contributed by atoms with van der Waals surface area (Å²) >= 11 is 0. The number of amides is 2. The third-order valence-corrected chi connectivity index (χ3v) is 5.38. The lowest BCUT2D eigenvalue weighted by Gasteiger charge is -2.42. The highest BCUT2D eigenvalue weighted by atomic mass is 19.1. The van der Waals surface area contributed by atoms with Gasteiger partial charge in [-0.05, 0) is 57.4 Å². The predicted molar refractivity (Wildman–Crippen MR) is 100 cm³/mol. The van der Waals surface area contributed by atoms with Crippen molar-refractivity contribution in [1.82, 2.24) is 15.1 Å². The van der Waals surface area contributed by atoms with E-state index in [1.54, 1.807) is 17.0 Å². The maximum atomic E-state index is 13.3. The molecule has 1 aromatic rings. The summed E-state index contributed by atoms with van der Waals surface area (Å²) in [6.45, 7) is 5.44. The van der Waals surface area contributed by atoms with Crippen molar-refractivity contribution in [1.29, 1.82) is 0 Å². The van der Waals surface area contributed by atoms with Crippen LogP contribution in [0.25, 0.3) is 0 Å². The summed E-state index contributed by atoms with van der Waals surface area (Å²) in [4.78, 5) is 28.4. The molecule has 0 aliphatic carbocycles. The van der Waals surface area contributed by atoms with Crippen LogP contribution in [0.5, 0.6) is 0 Å². The number of benzene rings is 1. The number of carbonyl (C=O) groups excluding carboxylic acids is 2. The zero-order valence-corrected chi connectivity index (χ0v) is 15.8. The van der Waals surface area contributed by atoms with Gasteiger partial charge in [-0.2, -0.15) is 0 Å². The molecule has 0 saturated carbocycles. The number of rotatable bonds is 4. The van der Waals surface area contributed by atoms with E-state index in [-0.39, 0.29) is 18.0 Å². The van der Waals surface area contributed by atoms with Crippen LogP contribution in [0.3, 0.4) is 0 Å². The van der Waals surface area contributed by atoms with Crippen LogP contribution in [-0.4, -0.2) is 66.7 Å². The van der Waals surface area contributed by atoms with Gasteiger partial charge in [-0.15, -0.1) is 0 Å². The molecule has 0 spiro atoms. The molecule has 2 amide bonds. The Bertz CT molecular complexity index is 662. The first-order valence-electron chi connectivity index (χ1n) is 9.79. The largest absolute Gasteiger partial charge is 0.450 e. The Balaban J connectivity index is 1.50. The van der Waals surface area contributed by atoms with Gasteiger partial charge in [0.25, 0.3) is 5.91 Å². The van der Waals surface area contributed by atoms with Gasteiger partial charge in [-0.3, -0.25) is 9.69 Å². The van der Waals surface area contributed by atoms with Gasteiger partial charge < -0.3 is 15.0 Å². The van der Waals surface area contributed by atoms with E-state index in [4.69, 9.17) is 4.74 Å². The second kappa shape index (κ2) is 9.17. The molecule has 2 saturated heterocycles. The Labute approximate surface area is 159 Å². The van der Waals surface area contributed by atoms with E-state index >= 15 is 0 Å². The summed E-state index contributed by atoms with van der Waals surface area (Å²) in [5.41, 5.74) is 0.356. The standard InChI is InChI=1S/C20H28FN3O3/c1-2-27-20(26)23-11-8-18(9-12-23)24-10-4-7-17(14-24)22-19(25)15-5-3-6-16(21)13-15/h3,5-6,13,17-18H,2,4,7-12,14H2,1H3,(H,22,25)/t17-/m0/s1.